The van der Waals surface area contributed by atoms with Crippen molar-refractivity contribution < 1.29 is 4.74 Å². The Bertz CT molecular complexity index is 467. The van der Waals surface area contributed by atoms with Crippen LogP contribution in [0.4, 0.5) is 0 Å². The summed E-state index contributed by atoms with van der Waals surface area (Å²) >= 11 is 1.61. The molecule has 5 nitrogen and oxygen atoms in total. The van der Waals surface area contributed by atoms with Crippen LogP contribution in [0.3, 0.4) is 0 Å². The van der Waals surface area contributed by atoms with Crippen LogP contribution in [0.5, 0.6) is 0 Å². The molecule has 1 aliphatic rings. The van der Waals surface area contributed by atoms with Gasteiger partial charge in [0.25, 0.3) is 0 Å². The summed E-state index contributed by atoms with van der Waals surface area (Å²) in [5.41, 5.74) is 0.740. The number of nitrogens with one attached hydrogen (secondary N) is 1. The second-order valence-corrected chi connectivity index (χ2v) is 4.79. The number of thiazole rings is 1. The lowest BCUT2D eigenvalue weighted by molar-refractivity contribution is 0.188. The van der Waals surface area contributed by atoms with E-state index in [1.165, 1.54) is 0 Å². The summed E-state index contributed by atoms with van der Waals surface area (Å²) < 4.78 is 5.47. The second kappa shape index (κ2) is 4.04. The molecule has 6 heteroatoms. The maximum Gasteiger partial charge on any atom is 0.189 e. The van der Waals surface area contributed by atoms with Crippen molar-refractivity contribution in [2.75, 3.05) is 20.3 Å². The molecule has 0 bridgehead atoms. The van der Waals surface area contributed by atoms with Gasteiger partial charge >= 0.3 is 0 Å². The van der Waals surface area contributed by atoms with Gasteiger partial charge in [-0.15, -0.1) is 0 Å². The van der Waals surface area contributed by atoms with Crippen molar-refractivity contribution in [3.8, 4) is 0 Å². The van der Waals surface area contributed by atoms with Gasteiger partial charge in [0.15, 0.2) is 10.5 Å². The van der Waals surface area contributed by atoms with Gasteiger partial charge in [-0.1, -0.05) is 11.3 Å². The van der Waals surface area contributed by atoms with Gasteiger partial charge in [0.1, 0.15) is 5.01 Å². The summed E-state index contributed by atoms with van der Waals surface area (Å²) in [4.78, 5) is 13.9. The van der Waals surface area contributed by atoms with Crippen LogP contribution in [0.15, 0.2) is 12.4 Å². The lowest BCUT2D eigenvalue weighted by Gasteiger charge is -2.13. The first-order valence-corrected chi connectivity index (χ1v) is 6.02. The molecule has 16 heavy (non-hydrogen) atoms. The average molecular weight is 236 g/mol. The van der Waals surface area contributed by atoms with Crippen LogP contribution in [-0.4, -0.2) is 41.3 Å². The predicted molar refractivity (Wildman–Crippen MR) is 61.6 cm³/mol. The van der Waals surface area contributed by atoms with E-state index in [1.807, 2.05) is 7.05 Å². The molecule has 3 rings (SSSR count). The summed E-state index contributed by atoms with van der Waals surface area (Å²) in [5.74, 6) is 0.325. The van der Waals surface area contributed by atoms with Gasteiger partial charge in [-0.05, 0) is 7.05 Å². The number of rotatable bonds is 2. The maximum atomic E-state index is 5.47. The number of ether oxygens (including phenoxy) is 1. The maximum absolute atomic E-state index is 5.47. The zero-order valence-corrected chi connectivity index (χ0v) is 9.70. The lowest BCUT2D eigenvalue weighted by atomic mass is 10.1. The number of fused-ring (bicyclic) bond motifs is 1. The smallest absolute Gasteiger partial charge is 0.189 e. The molecule has 0 aliphatic carbocycles. The molecule has 0 spiro atoms. The predicted octanol–water partition coefficient (Wildman–Crippen LogP) is 0.788. The summed E-state index contributed by atoms with van der Waals surface area (Å²) in [6.07, 6.45) is 3.37. The monoisotopic (exact) mass is 236 g/mol. The Hall–Kier alpha value is -1.11. The standard InChI is InChI=1S/C10H12N4OS/c1-11-7-5-15-4-6(7)9-14-8-10(16-9)13-3-2-12-8/h2-3,6-7,11H,4-5H2,1H3. The third-order valence-corrected chi connectivity index (χ3v) is 3.92. The number of hydrogen-bond donors (Lipinski definition) is 1. The first kappa shape index (κ1) is 10.1. The molecule has 3 heterocycles. The minimum Gasteiger partial charge on any atom is -0.379 e. The van der Waals surface area contributed by atoms with Gasteiger partial charge < -0.3 is 10.1 Å². The van der Waals surface area contributed by atoms with Crippen LogP contribution in [0.2, 0.25) is 0 Å². The van der Waals surface area contributed by atoms with Gasteiger partial charge in [-0.25, -0.2) is 15.0 Å². The fraction of sp³-hybridized carbons (Fsp3) is 0.500. The molecule has 2 aromatic heterocycles. The van der Waals surface area contributed by atoms with E-state index in [-0.39, 0.29) is 0 Å². The highest BCUT2D eigenvalue weighted by atomic mass is 32.1. The Kier molecular flexibility index (Phi) is 2.55. The molecule has 1 aliphatic heterocycles. The molecule has 0 amide bonds. The molecule has 2 aromatic rings. The Balaban J connectivity index is 1.99. The van der Waals surface area contributed by atoms with E-state index in [1.54, 1.807) is 23.7 Å². The highest BCUT2D eigenvalue weighted by Gasteiger charge is 2.31. The Labute approximate surface area is 96.9 Å². The second-order valence-electron chi connectivity index (χ2n) is 3.78. The molecule has 1 fully saturated rings. The summed E-state index contributed by atoms with van der Waals surface area (Å²) in [5, 5.41) is 4.33. The van der Waals surface area contributed by atoms with Crippen molar-refractivity contribution in [3.63, 3.8) is 0 Å². The highest BCUT2D eigenvalue weighted by Crippen LogP contribution is 2.30. The minimum atomic E-state index is 0.325. The van der Waals surface area contributed by atoms with E-state index in [4.69, 9.17) is 4.74 Å². The van der Waals surface area contributed by atoms with Gasteiger partial charge in [0, 0.05) is 18.4 Å². The SMILES string of the molecule is CNC1COCC1c1nc2nccnc2s1. The molecule has 0 saturated carbocycles. The van der Waals surface area contributed by atoms with Gasteiger partial charge in [0.2, 0.25) is 0 Å². The van der Waals surface area contributed by atoms with E-state index < -0.39 is 0 Å². The van der Waals surface area contributed by atoms with E-state index in [2.05, 4.69) is 20.3 Å². The van der Waals surface area contributed by atoms with Crippen molar-refractivity contribution in [2.45, 2.75) is 12.0 Å². The van der Waals surface area contributed by atoms with Crippen LogP contribution in [0.1, 0.15) is 10.9 Å². The molecule has 84 valence electrons. The molecule has 0 radical (unpaired) electrons. The van der Waals surface area contributed by atoms with Crippen molar-refractivity contribution in [2.24, 2.45) is 0 Å². The number of nitrogens with zero attached hydrogens (tertiary/aromatic N) is 3. The molecule has 1 N–H and O–H groups in total. The normalized spacial score (nSPS) is 25.3. The Morgan fingerprint density at radius 1 is 1.38 bits per heavy atom. The van der Waals surface area contributed by atoms with Gasteiger partial charge in [0.05, 0.1) is 19.1 Å². The van der Waals surface area contributed by atoms with Crippen LogP contribution in [-0.2, 0) is 4.74 Å². The van der Waals surface area contributed by atoms with E-state index in [0.717, 1.165) is 28.7 Å². The molecule has 2 atom stereocenters. The molecular weight excluding hydrogens is 224 g/mol. The van der Waals surface area contributed by atoms with Crippen LogP contribution >= 0.6 is 11.3 Å². The molecule has 1 saturated heterocycles. The van der Waals surface area contributed by atoms with Gasteiger partial charge in [-0.3, -0.25) is 0 Å². The minimum absolute atomic E-state index is 0.325. The summed E-state index contributed by atoms with van der Waals surface area (Å²) in [7, 11) is 1.95. The van der Waals surface area contributed by atoms with Crippen molar-refractivity contribution in [1.82, 2.24) is 20.3 Å². The summed E-state index contributed by atoms with van der Waals surface area (Å²) in [6.45, 7) is 1.48. The third-order valence-electron chi connectivity index (χ3n) is 2.83. The summed E-state index contributed by atoms with van der Waals surface area (Å²) in [6, 6.07) is 0.348. The van der Waals surface area contributed by atoms with Crippen LogP contribution in [0, 0.1) is 0 Å². The van der Waals surface area contributed by atoms with Gasteiger partial charge in [-0.2, -0.15) is 0 Å². The molecule has 2 unspecified atom stereocenters. The fourth-order valence-electron chi connectivity index (χ4n) is 1.93. The molecular formula is C10H12N4OS. The third kappa shape index (κ3) is 1.59. The zero-order chi connectivity index (χ0) is 11.0. The van der Waals surface area contributed by atoms with E-state index in [0.29, 0.717) is 12.0 Å². The van der Waals surface area contributed by atoms with E-state index >= 15 is 0 Å². The van der Waals surface area contributed by atoms with Crippen LogP contribution < -0.4 is 5.32 Å². The average Bonchev–Trinajstić information content (AvgIpc) is 2.94. The van der Waals surface area contributed by atoms with Crippen molar-refractivity contribution in [3.05, 3.63) is 17.4 Å². The quantitative estimate of drug-likeness (QED) is 0.835. The highest BCUT2D eigenvalue weighted by molar-refractivity contribution is 7.18. The Morgan fingerprint density at radius 2 is 2.25 bits per heavy atom. The van der Waals surface area contributed by atoms with E-state index in [9.17, 15) is 0 Å². The van der Waals surface area contributed by atoms with Crippen LogP contribution in [0.25, 0.3) is 10.5 Å². The van der Waals surface area contributed by atoms with Crippen molar-refractivity contribution in [1.29, 1.82) is 0 Å². The fourth-order valence-corrected chi connectivity index (χ4v) is 2.95. The lowest BCUT2D eigenvalue weighted by Crippen LogP contribution is -2.30. The number of hydrogen-bond acceptors (Lipinski definition) is 6. The molecule has 0 aromatic carbocycles. The largest absolute Gasteiger partial charge is 0.379 e. The zero-order valence-electron chi connectivity index (χ0n) is 8.88. The number of likely N-dealkylation sites (N-methyl/N-ethyl adjacent to an activating group) is 1. The first-order chi connectivity index (χ1) is 7.88. The van der Waals surface area contributed by atoms with Crippen molar-refractivity contribution >= 4 is 21.8 Å². The topological polar surface area (TPSA) is 59.9 Å². The first-order valence-electron chi connectivity index (χ1n) is 5.21. The number of aromatic nitrogens is 3. The Morgan fingerprint density at radius 3 is 3.06 bits per heavy atom.